The third-order valence-electron chi connectivity index (χ3n) is 6.18. The number of fused-ring (bicyclic) bond motifs is 1. The number of alkyl halides is 2. The van der Waals surface area contributed by atoms with Gasteiger partial charge in [-0.05, 0) is 43.4 Å². The molecule has 1 aliphatic heterocycles. The number of rotatable bonds is 12. The van der Waals surface area contributed by atoms with Crippen LogP contribution in [0.25, 0.3) is 10.9 Å². The molecule has 0 radical (unpaired) electrons. The minimum absolute atomic E-state index is 0.0638. The third-order valence-corrected chi connectivity index (χ3v) is 6.18. The molecule has 1 aromatic heterocycles. The van der Waals surface area contributed by atoms with Crippen LogP contribution in [0.4, 0.5) is 8.78 Å². The second kappa shape index (κ2) is 12.0. The molecule has 0 saturated carbocycles. The van der Waals surface area contributed by atoms with Crippen molar-refractivity contribution in [2.45, 2.75) is 52.2 Å². The number of nitrogens with one attached hydrogen (secondary N) is 3. The third kappa shape index (κ3) is 6.79. The van der Waals surface area contributed by atoms with Gasteiger partial charge in [-0.2, -0.15) is 8.78 Å². The lowest BCUT2D eigenvalue weighted by Crippen LogP contribution is -2.46. The van der Waals surface area contributed by atoms with Crippen molar-refractivity contribution >= 4 is 34.5 Å². The van der Waals surface area contributed by atoms with Crippen LogP contribution in [0.15, 0.2) is 24.3 Å². The van der Waals surface area contributed by atoms with Crippen molar-refractivity contribution in [3.8, 4) is 5.75 Å². The van der Waals surface area contributed by atoms with E-state index in [0.717, 1.165) is 0 Å². The van der Waals surface area contributed by atoms with Crippen LogP contribution in [0.2, 0.25) is 0 Å². The van der Waals surface area contributed by atoms with E-state index in [2.05, 4.69) is 20.4 Å². The van der Waals surface area contributed by atoms with Crippen molar-refractivity contribution in [1.29, 1.82) is 0 Å². The Morgan fingerprint density at radius 3 is 2.58 bits per heavy atom. The number of halogens is 2. The largest absolute Gasteiger partial charge is 0.467 e. The zero-order chi connectivity index (χ0) is 26.4. The van der Waals surface area contributed by atoms with Crippen LogP contribution in [0, 0.1) is 17.8 Å². The highest BCUT2D eigenvalue weighted by molar-refractivity contribution is 6.02. The van der Waals surface area contributed by atoms with Gasteiger partial charge >= 0.3 is 12.6 Å². The van der Waals surface area contributed by atoms with Crippen molar-refractivity contribution in [2.24, 2.45) is 17.8 Å². The van der Waals surface area contributed by atoms with Gasteiger partial charge in [0.25, 0.3) is 0 Å². The Bertz CT molecular complexity index is 1120. The number of ether oxygens (including phenoxy) is 2. The highest BCUT2D eigenvalue weighted by Crippen LogP contribution is 2.29. The normalized spacial score (nSPS) is 17.2. The number of esters is 1. The van der Waals surface area contributed by atoms with E-state index in [-0.39, 0.29) is 41.9 Å². The van der Waals surface area contributed by atoms with Crippen LogP contribution in [0.1, 0.15) is 50.0 Å². The van der Waals surface area contributed by atoms with E-state index in [1.807, 2.05) is 13.8 Å². The average molecular weight is 508 g/mol. The van der Waals surface area contributed by atoms with E-state index in [1.54, 1.807) is 6.07 Å². The Labute approximate surface area is 207 Å². The monoisotopic (exact) mass is 507 g/mol. The van der Waals surface area contributed by atoms with Crippen molar-refractivity contribution in [3.63, 3.8) is 0 Å². The summed E-state index contributed by atoms with van der Waals surface area (Å²) >= 11 is 0. The quantitative estimate of drug-likeness (QED) is 0.299. The summed E-state index contributed by atoms with van der Waals surface area (Å²) in [4.78, 5) is 53.5. The molecule has 36 heavy (non-hydrogen) atoms. The van der Waals surface area contributed by atoms with Gasteiger partial charge in [0.05, 0.1) is 12.8 Å². The standard InChI is InChI=1S/C25H31F2N3O6/c1-13(2)9-15(23(33)30-19(24(34)35-3)10-14-7-8-28-22(14)32)11-20(31)18-12-16-17(29-18)5-4-6-21(16)36-25(26)27/h4-6,12-15,19,25,29H,7-11H2,1-3H3,(H,28,32)(H,30,33)/t14-,15+,19-/m0/s1. The van der Waals surface area contributed by atoms with Crippen LogP contribution in [-0.4, -0.2) is 54.9 Å². The van der Waals surface area contributed by atoms with Crippen LogP contribution < -0.4 is 15.4 Å². The van der Waals surface area contributed by atoms with Crippen LogP contribution >= 0.6 is 0 Å². The first-order valence-electron chi connectivity index (χ1n) is 11.8. The number of carbonyl (C=O) groups excluding carboxylic acids is 4. The Morgan fingerprint density at radius 2 is 1.97 bits per heavy atom. The SMILES string of the molecule is COC(=O)[C@H](C[C@@H]1CCNC1=O)NC(=O)[C@@H](CC(=O)c1cc2c(OC(F)F)cccc2[nH]1)CC(C)C. The molecule has 3 N–H and O–H groups in total. The maximum Gasteiger partial charge on any atom is 0.387 e. The van der Waals surface area contributed by atoms with Gasteiger partial charge in [0, 0.05) is 35.7 Å². The van der Waals surface area contributed by atoms with Crippen molar-refractivity contribution < 1.29 is 37.4 Å². The summed E-state index contributed by atoms with van der Waals surface area (Å²) in [5.41, 5.74) is 0.603. The molecule has 1 saturated heterocycles. The van der Waals surface area contributed by atoms with Crippen molar-refractivity contribution in [1.82, 2.24) is 15.6 Å². The van der Waals surface area contributed by atoms with E-state index < -0.39 is 36.4 Å². The van der Waals surface area contributed by atoms with Gasteiger partial charge in [-0.15, -0.1) is 0 Å². The minimum atomic E-state index is -3.01. The van der Waals surface area contributed by atoms with E-state index >= 15 is 0 Å². The first-order valence-corrected chi connectivity index (χ1v) is 11.8. The Kier molecular flexibility index (Phi) is 9.00. The first-order chi connectivity index (χ1) is 17.1. The minimum Gasteiger partial charge on any atom is -0.467 e. The molecule has 0 spiro atoms. The molecular weight excluding hydrogens is 476 g/mol. The molecule has 0 unspecified atom stereocenters. The number of amides is 2. The molecule has 196 valence electrons. The molecule has 1 aliphatic rings. The molecule has 0 bridgehead atoms. The van der Waals surface area contributed by atoms with Crippen LogP contribution in [0.5, 0.6) is 5.75 Å². The number of carbonyl (C=O) groups is 4. The van der Waals surface area contributed by atoms with Crippen molar-refractivity contribution in [2.75, 3.05) is 13.7 Å². The van der Waals surface area contributed by atoms with Crippen molar-refractivity contribution in [3.05, 3.63) is 30.0 Å². The van der Waals surface area contributed by atoms with Gasteiger partial charge in [0.1, 0.15) is 11.8 Å². The lowest BCUT2D eigenvalue weighted by Gasteiger charge is -2.23. The number of benzene rings is 1. The summed E-state index contributed by atoms with van der Waals surface area (Å²) < 4.78 is 34.8. The fraction of sp³-hybridized carbons (Fsp3) is 0.520. The van der Waals surface area contributed by atoms with E-state index in [1.165, 1.54) is 25.3 Å². The zero-order valence-corrected chi connectivity index (χ0v) is 20.4. The Hall–Kier alpha value is -3.50. The van der Waals surface area contributed by atoms with Gasteiger partial charge in [0.2, 0.25) is 11.8 Å². The van der Waals surface area contributed by atoms with E-state index in [9.17, 15) is 28.0 Å². The molecular formula is C25H31F2N3O6. The molecule has 1 fully saturated rings. The maximum absolute atomic E-state index is 13.2. The van der Waals surface area contributed by atoms with E-state index in [0.29, 0.717) is 30.3 Å². The van der Waals surface area contributed by atoms with Gasteiger partial charge in [0.15, 0.2) is 5.78 Å². The summed E-state index contributed by atoms with van der Waals surface area (Å²) in [7, 11) is 1.20. The second-order valence-electron chi connectivity index (χ2n) is 9.33. The molecule has 9 nitrogen and oxygen atoms in total. The number of aromatic nitrogens is 1. The fourth-order valence-electron chi connectivity index (χ4n) is 4.46. The van der Waals surface area contributed by atoms with Gasteiger partial charge < -0.3 is 25.1 Å². The lowest BCUT2D eigenvalue weighted by atomic mass is 9.90. The average Bonchev–Trinajstić information content (AvgIpc) is 3.43. The Morgan fingerprint density at radius 1 is 1.22 bits per heavy atom. The Balaban J connectivity index is 1.76. The lowest BCUT2D eigenvalue weighted by molar-refractivity contribution is -0.146. The fourth-order valence-corrected chi connectivity index (χ4v) is 4.46. The molecule has 2 amide bonds. The summed E-state index contributed by atoms with van der Waals surface area (Å²) in [6.45, 7) is 1.30. The predicted octanol–water partition coefficient (Wildman–Crippen LogP) is 3.19. The van der Waals surface area contributed by atoms with Gasteiger partial charge in [-0.25, -0.2) is 4.79 Å². The highest BCUT2D eigenvalue weighted by atomic mass is 19.3. The molecule has 11 heteroatoms. The molecule has 2 aromatic rings. The second-order valence-corrected chi connectivity index (χ2v) is 9.33. The summed E-state index contributed by atoms with van der Waals surface area (Å²) in [5.74, 6) is -2.91. The number of aromatic amines is 1. The number of Topliss-reactive ketones (excluding diaryl/α,β-unsaturated/α-hetero) is 1. The molecule has 3 rings (SSSR count). The topological polar surface area (TPSA) is 127 Å². The number of ketones is 1. The predicted molar refractivity (Wildman–Crippen MR) is 127 cm³/mol. The first kappa shape index (κ1) is 27.1. The van der Waals surface area contributed by atoms with Crippen LogP contribution in [-0.2, 0) is 19.1 Å². The summed E-state index contributed by atoms with van der Waals surface area (Å²) in [6, 6.07) is 4.93. The summed E-state index contributed by atoms with van der Waals surface area (Å²) in [5, 5.41) is 5.70. The summed E-state index contributed by atoms with van der Waals surface area (Å²) in [6.07, 6.45) is 0.851. The smallest absolute Gasteiger partial charge is 0.387 e. The molecule has 1 aromatic carbocycles. The molecule has 0 aliphatic carbocycles. The zero-order valence-electron chi connectivity index (χ0n) is 20.4. The molecule has 3 atom stereocenters. The van der Waals surface area contributed by atoms with Crippen LogP contribution in [0.3, 0.4) is 0 Å². The molecule has 2 heterocycles. The van der Waals surface area contributed by atoms with Gasteiger partial charge in [-0.1, -0.05) is 19.9 Å². The van der Waals surface area contributed by atoms with E-state index in [4.69, 9.17) is 4.74 Å². The highest BCUT2D eigenvalue weighted by Gasteiger charge is 2.34. The van der Waals surface area contributed by atoms with Gasteiger partial charge in [-0.3, -0.25) is 14.4 Å². The number of H-pyrrole nitrogens is 1. The maximum atomic E-state index is 13.2. The number of methoxy groups -OCH3 is 1. The number of hydrogen-bond donors (Lipinski definition) is 3. The number of hydrogen-bond acceptors (Lipinski definition) is 6.